The van der Waals surface area contributed by atoms with Crippen molar-refractivity contribution < 1.29 is 19.1 Å². The second-order valence-corrected chi connectivity index (χ2v) is 12.0. The van der Waals surface area contributed by atoms with E-state index in [-0.39, 0.29) is 23.0 Å². The molecule has 37 heavy (non-hydrogen) atoms. The van der Waals surface area contributed by atoms with Gasteiger partial charge in [0.15, 0.2) is 0 Å². The van der Waals surface area contributed by atoms with E-state index in [9.17, 15) is 9.59 Å². The molecule has 2 fully saturated rings. The van der Waals surface area contributed by atoms with Crippen LogP contribution in [0.15, 0.2) is 42.5 Å². The lowest BCUT2D eigenvalue weighted by molar-refractivity contribution is 0.0489. The van der Waals surface area contributed by atoms with Gasteiger partial charge >= 0.3 is 12.1 Å². The highest BCUT2D eigenvalue weighted by Gasteiger charge is 2.41. The number of rotatable bonds is 3. The molecular formula is C30H39N3O4. The van der Waals surface area contributed by atoms with Crippen LogP contribution in [0.4, 0.5) is 15.3 Å². The van der Waals surface area contributed by atoms with Crippen LogP contribution in [0.2, 0.25) is 0 Å². The predicted molar refractivity (Wildman–Crippen MR) is 145 cm³/mol. The fourth-order valence-electron chi connectivity index (χ4n) is 5.61. The van der Waals surface area contributed by atoms with Crippen LogP contribution in [-0.4, -0.2) is 67.9 Å². The third-order valence-electron chi connectivity index (χ3n) is 7.82. The molecule has 2 saturated heterocycles. The average Bonchev–Trinajstić information content (AvgIpc) is 3.25. The number of ether oxygens (including phenoxy) is 2. The molecule has 0 saturated carbocycles. The number of benzene rings is 2. The predicted octanol–water partition coefficient (Wildman–Crippen LogP) is 5.58. The molecule has 0 radical (unpaired) electrons. The Labute approximate surface area is 220 Å². The molecule has 2 heterocycles. The van der Waals surface area contributed by atoms with Crippen LogP contribution < -0.4 is 5.32 Å². The maximum Gasteiger partial charge on any atom is 0.409 e. The minimum absolute atomic E-state index is 0.0192. The number of carbonyl (C=O) groups excluding carboxylic acids is 2. The number of anilines is 1. The Bertz CT molecular complexity index is 1120. The molecule has 5 rings (SSSR count). The molecule has 0 bridgehead atoms. The van der Waals surface area contributed by atoms with Crippen LogP contribution in [0.3, 0.4) is 0 Å². The second kappa shape index (κ2) is 10.4. The van der Waals surface area contributed by atoms with Gasteiger partial charge in [0.1, 0.15) is 0 Å². The summed E-state index contributed by atoms with van der Waals surface area (Å²) in [6.45, 7) is 10.6. The Morgan fingerprint density at radius 2 is 1.54 bits per heavy atom. The number of nitrogens with one attached hydrogen (secondary N) is 1. The first-order valence-electron chi connectivity index (χ1n) is 13.5. The first kappa shape index (κ1) is 25.6. The van der Waals surface area contributed by atoms with Crippen molar-refractivity contribution in [2.75, 3.05) is 51.3 Å². The molecule has 1 spiro atoms. The molecule has 2 aromatic carbocycles. The molecule has 198 valence electrons. The Kier molecular flexibility index (Phi) is 7.17. The summed E-state index contributed by atoms with van der Waals surface area (Å²) in [5.74, 6) is 0. The molecule has 0 aromatic heterocycles. The van der Waals surface area contributed by atoms with Crippen molar-refractivity contribution in [3.63, 3.8) is 0 Å². The molecule has 3 amide bonds. The highest BCUT2D eigenvalue weighted by atomic mass is 16.6. The van der Waals surface area contributed by atoms with E-state index in [1.807, 2.05) is 17.0 Å². The number of piperidine rings is 1. The van der Waals surface area contributed by atoms with Gasteiger partial charge in [0.05, 0.1) is 19.8 Å². The molecule has 7 heteroatoms. The van der Waals surface area contributed by atoms with Gasteiger partial charge in [-0.25, -0.2) is 9.59 Å². The molecule has 1 aliphatic carbocycles. The Morgan fingerprint density at radius 1 is 0.892 bits per heavy atom. The summed E-state index contributed by atoms with van der Waals surface area (Å²) in [6, 6.07) is 14.8. The lowest BCUT2D eigenvalue weighted by Gasteiger charge is -2.39. The molecule has 0 unspecified atom stereocenters. The number of amides is 3. The van der Waals surface area contributed by atoms with Crippen LogP contribution in [0.5, 0.6) is 0 Å². The summed E-state index contributed by atoms with van der Waals surface area (Å²) >= 11 is 0. The summed E-state index contributed by atoms with van der Waals surface area (Å²) < 4.78 is 10.9. The van der Waals surface area contributed by atoms with Gasteiger partial charge in [-0.15, -0.1) is 0 Å². The van der Waals surface area contributed by atoms with Gasteiger partial charge in [-0.3, -0.25) is 0 Å². The minimum Gasteiger partial charge on any atom is -0.449 e. The van der Waals surface area contributed by atoms with E-state index >= 15 is 0 Å². The summed E-state index contributed by atoms with van der Waals surface area (Å²) in [7, 11) is 0. The van der Waals surface area contributed by atoms with Crippen LogP contribution >= 0.6 is 0 Å². The summed E-state index contributed by atoms with van der Waals surface area (Å²) in [4.78, 5) is 28.6. The third-order valence-corrected chi connectivity index (χ3v) is 7.82. The van der Waals surface area contributed by atoms with Crippen LogP contribution in [0.1, 0.15) is 44.7 Å². The SMILES string of the molecule is CC(C)(C)COC(=O)N1CCC2(CC1)Cc1ccc(-c3ccc(NC(=O)N4CCOCC4)cc3)cc1C2. The summed E-state index contributed by atoms with van der Waals surface area (Å²) in [5, 5.41) is 2.99. The first-order valence-corrected chi connectivity index (χ1v) is 13.5. The van der Waals surface area contributed by atoms with Crippen molar-refractivity contribution in [2.45, 2.75) is 46.5 Å². The van der Waals surface area contributed by atoms with Gasteiger partial charge in [0, 0.05) is 31.9 Å². The fraction of sp³-hybridized carbons (Fsp3) is 0.533. The Balaban J connectivity index is 1.18. The average molecular weight is 506 g/mol. The molecule has 1 N–H and O–H groups in total. The fourth-order valence-corrected chi connectivity index (χ4v) is 5.61. The largest absolute Gasteiger partial charge is 0.449 e. The van der Waals surface area contributed by atoms with E-state index in [1.165, 1.54) is 16.7 Å². The van der Waals surface area contributed by atoms with E-state index in [2.05, 4.69) is 56.4 Å². The normalized spacial score (nSPS) is 19.0. The van der Waals surface area contributed by atoms with Crippen LogP contribution in [-0.2, 0) is 22.3 Å². The topological polar surface area (TPSA) is 71.1 Å². The number of hydrogen-bond donors (Lipinski definition) is 1. The zero-order chi connectivity index (χ0) is 26.0. The molecule has 3 aliphatic rings. The van der Waals surface area contributed by atoms with Crippen LogP contribution in [0.25, 0.3) is 11.1 Å². The van der Waals surface area contributed by atoms with Crippen LogP contribution in [0, 0.1) is 10.8 Å². The number of nitrogens with zero attached hydrogens (tertiary/aromatic N) is 2. The quantitative estimate of drug-likeness (QED) is 0.591. The first-order chi connectivity index (χ1) is 17.7. The van der Waals surface area contributed by atoms with E-state index in [4.69, 9.17) is 9.47 Å². The van der Waals surface area contributed by atoms with Crippen molar-refractivity contribution in [1.82, 2.24) is 9.80 Å². The zero-order valence-electron chi connectivity index (χ0n) is 22.3. The van der Waals surface area contributed by atoms with E-state index in [1.54, 1.807) is 4.90 Å². The number of carbonyl (C=O) groups is 2. The lowest BCUT2D eigenvalue weighted by Crippen LogP contribution is -2.44. The van der Waals surface area contributed by atoms with Crippen molar-refractivity contribution in [1.29, 1.82) is 0 Å². The number of likely N-dealkylation sites (tertiary alicyclic amines) is 1. The number of fused-ring (bicyclic) bond motifs is 1. The molecule has 0 atom stereocenters. The van der Waals surface area contributed by atoms with E-state index < -0.39 is 0 Å². The Morgan fingerprint density at radius 3 is 2.22 bits per heavy atom. The lowest BCUT2D eigenvalue weighted by atomic mass is 9.76. The van der Waals surface area contributed by atoms with Crippen molar-refractivity contribution in [3.05, 3.63) is 53.6 Å². The van der Waals surface area contributed by atoms with Gasteiger partial charge in [-0.05, 0) is 70.9 Å². The highest BCUT2D eigenvalue weighted by molar-refractivity contribution is 5.89. The van der Waals surface area contributed by atoms with Gasteiger partial charge in [-0.1, -0.05) is 51.1 Å². The van der Waals surface area contributed by atoms with Crippen molar-refractivity contribution in [3.8, 4) is 11.1 Å². The number of hydrogen-bond acceptors (Lipinski definition) is 4. The van der Waals surface area contributed by atoms with Gasteiger partial charge in [-0.2, -0.15) is 0 Å². The van der Waals surface area contributed by atoms with E-state index in [0.717, 1.165) is 50.0 Å². The monoisotopic (exact) mass is 505 g/mol. The van der Waals surface area contributed by atoms with Crippen molar-refractivity contribution in [2.24, 2.45) is 10.8 Å². The zero-order valence-corrected chi connectivity index (χ0v) is 22.3. The molecular weight excluding hydrogens is 466 g/mol. The maximum absolute atomic E-state index is 12.5. The van der Waals surface area contributed by atoms with Crippen molar-refractivity contribution >= 4 is 17.8 Å². The summed E-state index contributed by atoms with van der Waals surface area (Å²) in [5.41, 5.74) is 6.22. The Hall–Kier alpha value is -3.06. The standard InChI is InChI=1S/C30H39N3O4/c1-29(2,3)21-37-28(35)33-12-10-30(11-13-33)19-24-5-4-23(18-25(24)20-30)22-6-8-26(9-7-22)31-27(34)32-14-16-36-17-15-32/h4-9,18H,10-17,19-21H2,1-3H3,(H,31,34). The van der Waals surface area contributed by atoms with Gasteiger partial charge < -0.3 is 24.6 Å². The number of urea groups is 1. The highest BCUT2D eigenvalue weighted by Crippen LogP contribution is 2.45. The molecule has 7 nitrogen and oxygen atoms in total. The smallest absolute Gasteiger partial charge is 0.409 e. The second-order valence-electron chi connectivity index (χ2n) is 12.0. The summed E-state index contributed by atoms with van der Waals surface area (Å²) in [6.07, 6.45) is 4.00. The van der Waals surface area contributed by atoms with Gasteiger partial charge in [0.25, 0.3) is 0 Å². The number of morpholine rings is 1. The van der Waals surface area contributed by atoms with E-state index in [0.29, 0.717) is 32.9 Å². The molecule has 2 aliphatic heterocycles. The maximum atomic E-state index is 12.5. The third kappa shape index (κ3) is 6.09. The molecule has 2 aromatic rings. The minimum atomic E-state index is -0.174. The van der Waals surface area contributed by atoms with Gasteiger partial charge in [0.2, 0.25) is 0 Å².